The van der Waals surface area contributed by atoms with Crippen molar-refractivity contribution in [3.05, 3.63) is 23.8 Å². The third-order valence-electron chi connectivity index (χ3n) is 3.61. The number of carbonyl (C=O) groups excluding carboxylic acids is 1. The fraction of sp³-hybridized carbons (Fsp3) is 0.462. The molecule has 0 heterocycles. The summed E-state index contributed by atoms with van der Waals surface area (Å²) in [7, 11) is 3.17. The number of carbonyl (C=O) groups is 1. The predicted octanol–water partition coefficient (Wildman–Crippen LogP) is 1.61. The second kappa shape index (κ2) is 4.28. The van der Waals surface area contributed by atoms with Crippen LogP contribution in [0.5, 0.6) is 11.5 Å². The first-order chi connectivity index (χ1) is 8.14. The first-order valence-corrected chi connectivity index (χ1v) is 5.66. The van der Waals surface area contributed by atoms with Gasteiger partial charge in [0.1, 0.15) is 0 Å². The van der Waals surface area contributed by atoms with E-state index in [9.17, 15) is 4.79 Å². The molecule has 1 aromatic carbocycles. The number of rotatable bonds is 4. The van der Waals surface area contributed by atoms with E-state index in [-0.39, 0.29) is 5.91 Å². The highest BCUT2D eigenvalue weighted by molar-refractivity contribution is 5.88. The Morgan fingerprint density at radius 3 is 2.29 bits per heavy atom. The zero-order valence-corrected chi connectivity index (χ0v) is 10.2. The van der Waals surface area contributed by atoms with Gasteiger partial charge < -0.3 is 15.2 Å². The van der Waals surface area contributed by atoms with E-state index in [1.807, 2.05) is 18.2 Å². The van der Waals surface area contributed by atoms with E-state index >= 15 is 0 Å². The lowest BCUT2D eigenvalue weighted by atomic mass is 9.64. The van der Waals surface area contributed by atoms with Crippen molar-refractivity contribution in [3.63, 3.8) is 0 Å². The first kappa shape index (κ1) is 11.8. The number of primary amides is 1. The summed E-state index contributed by atoms with van der Waals surface area (Å²) in [4.78, 5) is 11.6. The average Bonchev–Trinajstić information content (AvgIpc) is 2.26. The SMILES string of the molecule is COc1ccc(C2(C(N)=O)CCC2)cc1OC. The van der Waals surface area contributed by atoms with E-state index in [4.69, 9.17) is 15.2 Å². The topological polar surface area (TPSA) is 61.5 Å². The summed E-state index contributed by atoms with van der Waals surface area (Å²) in [6.45, 7) is 0. The Morgan fingerprint density at radius 2 is 1.88 bits per heavy atom. The van der Waals surface area contributed by atoms with Gasteiger partial charge in [0.15, 0.2) is 11.5 Å². The molecular weight excluding hydrogens is 218 g/mol. The molecule has 0 aliphatic heterocycles. The summed E-state index contributed by atoms with van der Waals surface area (Å²) in [5.41, 5.74) is 5.94. The van der Waals surface area contributed by atoms with Crippen LogP contribution in [0.4, 0.5) is 0 Å². The van der Waals surface area contributed by atoms with Crippen LogP contribution < -0.4 is 15.2 Å². The lowest BCUT2D eigenvalue weighted by molar-refractivity contribution is -0.126. The van der Waals surface area contributed by atoms with E-state index in [1.54, 1.807) is 14.2 Å². The van der Waals surface area contributed by atoms with E-state index in [0.717, 1.165) is 24.8 Å². The number of benzene rings is 1. The smallest absolute Gasteiger partial charge is 0.228 e. The third-order valence-corrected chi connectivity index (χ3v) is 3.61. The van der Waals surface area contributed by atoms with Crippen LogP contribution in [0.2, 0.25) is 0 Å². The molecule has 0 spiro atoms. The number of amides is 1. The number of nitrogens with two attached hydrogens (primary N) is 1. The number of methoxy groups -OCH3 is 2. The highest BCUT2D eigenvalue weighted by Crippen LogP contribution is 2.45. The van der Waals surface area contributed by atoms with E-state index < -0.39 is 5.41 Å². The highest BCUT2D eigenvalue weighted by Gasteiger charge is 2.44. The van der Waals surface area contributed by atoms with Gasteiger partial charge in [0.25, 0.3) is 0 Å². The molecule has 17 heavy (non-hydrogen) atoms. The van der Waals surface area contributed by atoms with Crippen molar-refractivity contribution in [1.29, 1.82) is 0 Å². The second-order valence-corrected chi connectivity index (χ2v) is 4.37. The summed E-state index contributed by atoms with van der Waals surface area (Å²) in [6.07, 6.45) is 2.67. The van der Waals surface area contributed by atoms with Gasteiger partial charge >= 0.3 is 0 Å². The van der Waals surface area contributed by atoms with E-state index in [0.29, 0.717) is 11.5 Å². The van der Waals surface area contributed by atoms with Gasteiger partial charge in [-0.2, -0.15) is 0 Å². The molecule has 2 N–H and O–H groups in total. The van der Waals surface area contributed by atoms with Crippen molar-refractivity contribution in [1.82, 2.24) is 0 Å². The molecular formula is C13H17NO3. The van der Waals surface area contributed by atoms with Gasteiger partial charge in [-0.05, 0) is 30.5 Å². The molecule has 0 saturated heterocycles. The average molecular weight is 235 g/mol. The van der Waals surface area contributed by atoms with Gasteiger partial charge in [-0.1, -0.05) is 12.5 Å². The molecule has 1 aliphatic rings. The summed E-state index contributed by atoms with van der Waals surface area (Å²) in [6, 6.07) is 5.56. The largest absolute Gasteiger partial charge is 0.493 e. The quantitative estimate of drug-likeness (QED) is 0.862. The molecule has 4 heteroatoms. The minimum atomic E-state index is -0.500. The molecule has 0 bridgehead atoms. The molecule has 0 unspecified atom stereocenters. The standard InChI is InChI=1S/C13H17NO3/c1-16-10-5-4-9(8-11(10)17-2)13(12(14)15)6-3-7-13/h4-5,8H,3,6-7H2,1-2H3,(H2,14,15). The van der Waals surface area contributed by atoms with Crippen LogP contribution in [0.3, 0.4) is 0 Å². The van der Waals surface area contributed by atoms with Crippen LogP contribution in [0.1, 0.15) is 24.8 Å². The molecule has 0 radical (unpaired) electrons. The number of hydrogen-bond acceptors (Lipinski definition) is 3. The minimum absolute atomic E-state index is 0.254. The van der Waals surface area contributed by atoms with Crippen molar-refractivity contribution < 1.29 is 14.3 Å². The Kier molecular flexibility index (Phi) is 2.96. The van der Waals surface area contributed by atoms with Crippen molar-refractivity contribution in [2.75, 3.05) is 14.2 Å². The van der Waals surface area contributed by atoms with E-state index in [1.165, 1.54) is 0 Å². The summed E-state index contributed by atoms with van der Waals surface area (Å²) < 4.78 is 10.4. The van der Waals surface area contributed by atoms with Crippen LogP contribution in [0.25, 0.3) is 0 Å². The third kappa shape index (κ3) is 1.73. The van der Waals surface area contributed by atoms with Crippen LogP contribution in [0.15, 0.2) is 18.2 Å². The molecule has 4 nitrogen and oxygen atoms in total. The van der Waals surface area contributed by atoms with Gasteiger partial charge in [-0.15, -0.1) is 0 Å². The second-order valence-electron chi connectivity index (χ2n) is 4.37. The fourth-order valence-corrected chi connectivity index (χ4v) is 2.34. The Bertz CT molecular complexity index is 438. The van der Waals surface area contributed by atoms with Gasteiger partial charge in [0.05, 0.1) is 19.6 Å². The van der Waals surface area contributed by atoms with Crippen LogP contribution in [-0.4, -0.2) is 20.1 Å². The number of hydrogen-bond donors (Lipinski definition) is 1. The first-order valence-electron chi connectivity index (χ1n) is 5.66. The maximum absolute atomic E-state index is 11.6. The normalized spacial score (nSPS) is 17.1. The summed E-state index contributed by atoms with van der Waals surface area (Å²) in [5.74, 6) is 1.05. The summed E-state index contributed by atoms with van der Waals surface area (Å²) >= 11 is 0. The molecule has 0 atom stereocenters. The van der Waals surface area contributed by atoms with Crippen molar-refractivity contribution in [3.8, 4) is 11.5 Å². The van der Waals surface area contributed by atoms with Crippen molar-refractivity contribution in [2.24, 2.45) is 5.73 Å². The van der Waals surface area contributed by atoms with Crippen molar-refractivity contribution in [2.45, 2.75) is 24.7 Å². The summed E-state index contributed by atoms with van der Waals surface area (Å²) in [5, 5.41) is 0. The molecule has 1 saturated carbocycles. The molecule has 1 fully saturated rings. The van der Waals surface area contributed by atoms with Crippen LogP contribution in [0, 0.1) is 0 Å². The Hall–Kier alpha value is -1.71. The van der Waals surface area contributed by atoms with Crippen molar-refractivity contribution >= 4 is 5.91 Å². The van der Waals surface area contributed by atoms with Gasteiger partial charge in [-0.25, -0.2) is 0 Å². The van der Waals surface area contributed by atoms with Gasteiger partial charge in [0.2, 0.25) is 5.91 Å². The zero-order valence-electron chi connectivity index (χ0n) is 10.2. The molecule has 92 valence electrons. The molecule has 1 aromatic rings. The highest BCUT2D eigenvalue weighted by atomic mass is 16.5. The monoisotopic (exact) mass is 235 g/mol. The maximum Gasteiger partial charge on any atom is 0.228 e. The zero-order chi connectivity index (χ0) is 12.5. The van der Waals surface area contributed by atoms with Gasteiger partial charge in [-0.3, -0.25) is 4.79 Å². The lowest BCUT2D eigenvalue weighted by Crippen LogP contribution is -2.46. The molecule has 1 amide bonds. The predicted molar refractivity (Wildman–Crippen MR) is 64.3 cm³/mol. The van der Waals surface area contributed by atoms with E-state index in [2.05, 4.69) is 0 Å². The van der Waals surface area contributed by atoms with Gasteiger partial charge in [0, 0.05) is 0 Å². The molecule has 0 aromatic heterocycles. The lowest BCUT2D eigenvalue weighted by Gasteiger charge is -2.39. The van der Waals surface area contributed by atoms with Crippen LogP contribution in [-0.2, 0) is 10.2 Å². The molecule has 1 aliphatic carbocycles. The van der Waals surface area contributed by atoms with Crippen LogP contribution >= 0.6 is 0 Å². The Balaban J connectivity index is 2.42. The Morgan fingerprint density at radius 1 is 1.24 bits per heavy atom. The number of ether oxygens (including phenoxy) is 2. The maximum atomic E-state index is 11.6. The molecule has 2 rings (SSSR count). The fourth-order valence-electron chi connectivity index (χ4n) is 2.34. The minimum Gasteiger partial charge on any atom is -0.493 e. The Labute approximate surface area is 101 Å².